The van der Waals surface area contributed by atoms with Gasteiger partial charge in [0, 0.05) is 0 Å². The van der Waals surface area contributed by atoms with Crippen molar-refractivity contribution in [3.8, 4) is 0 Å². The fraction of sp³-hybridized carbons (Fsp3) is 0.167. The second kappa shape index (κ2) is 5.12. The second-order valence-electron chi connectivity index (χ2n) is 4.42. The SMILES string of the molecule is OB(O)C1(B(O)O)C=CC(c2ccccc2)=CC1. The van der Waals surface area contributed by atoms with Crippen LogP contribution in [0, 0.1) is 0 Å². The molecule has 1 aliphatic rings. The molecule has 0 radical (unpaired) electrons. The van der Waals surface area contributed by atoms with Crippen molar-refractivity contribution in [1.82, 2.24) is 0 Å². The zero-order chi connectivity index (χ0) is 13.2. The van der Waals surface area contributed by atoms with E-state index in [4.69, 9.17) is 0 Å². The third-order valence-electron chi connectivity index (χ3n) is 3.32. The summed E-state index contributed by atoms with van der Waals surface area (Å²) in [5.74, 6) is 0. The molecule has 0 heterocycles. The number of hydrogen-bond acceptors (Lipinski definition) is 4. The predicted molar refractivity (Wildman–Crippen MR) is 71.3 cm³/mol. The lowest BCUT2D eigenvalue weighted by molar-refractivity contribution is 0.335. The molecule has 4 nitrogen and oxygen atoms in total. The van der Waals surface area contributed by atoms with Crippen LogP contribution in [0.2, 0.25) is 5.21 Å². The van der Waals surface area contributed by atoms with Crippen LogP contribution in [0.3, 0.4) is 0 Å². The third kappa shape index (κ3) is 2.28. The standard InChI is InChI=1S/C12H14B2O4/c15-13(16)12(14(17)18)8-6-11(7-9-12)10-4-2-1-3-5-10/h1-8,15-18H,9H2. The van der Waals surface area contributed by atoms with E-state index in [-0.39, 0.29) is 6.42 Å². The average Bonchev–Trinajstić information content (AvgIpc) is 2.39. The van der Waals surface area contributed by atoms with Crippen molar-refractivity contribution in [1.29, 1.82) is 0 Å². The van der Waals surface area contributed by atoms with Crippen molar-refractivity contribution in [2.75, 3.05) is 0 Å². The van der Waals surface area contributed by atoms with Crippen LogP contribution in [0.4, 0.5) is 0 Å². The number of hydrogen-bond donors (Lipinski definition) is 4. The molecule has 0 bridgehead atoms. The molecule has 2 rings (SSSR count). The Labute approximate surface area is 106 Å². The van der Waals surface area contributed by atoms with E-state index >= 15 is 0 Å². The van der Waals surface area contributed by atoms with Gasteiger partial charge in [0.2, 0.25) is 0 Å². The number of allylic oxidation sites excluding steroid dienone is 4. The van der Waals surface area contributed by atoms with Crippen LogP contribution >= 0.6 is 0 Å². The van der Waals surface area contributed by atoms with Gasteiger partial charge in [-0.05, 0) is 17.6 Å². The van der Waals surface area contributed by atoms with Crippen molar-refractivity contribution in [3.05, 3.63) is 54.1 Å². The molecule has 0 saturated carbocycles. The Kier molecular flexibility index (Phi) is 3.73. The van der Waals surface area contributed by atoms with E-state index in [1.165, 1.54) is 6.08 Å². The molecule has 0 aromatic heterocycles. The lowest BCUT2D eigenvalue weighted by Gasteiger charge is -2.30. The first-order valence-corrected chi connectivity index (χ1v) is 5.73. The predicted octanol–water partition coefficient (Wildman–Crippen LogP) is 0.255. The topological polar surface area (TPSA) is 80.9 Å². The summed E-state index contributed by atoms with van der Waals surface area (Å²) in [5, 5.41) is 35.8. The molecule has 0 saturated heterocycles. The summed E-state index contributed by atoms with van der Waals surface area (Å²) in [6.45, 7) is 0. The Morgan fingerprint density at radius 1 is 0.944 bits per heavy atom. The number of rotatable bonds is 3. The van der Waals surface area contributed by atoms with Gasteiger partial charge in [-0.1, -0.05) is 48.6 Å². The molecular weight excluding hydrogens is 230 g/mol. The Hall–Kier alpha value is -1.33. The van der Waals surface area contributed by atoms with Gasteiger partial charge in [-0.2, -0.15) is 0 Å². The lowest BCUT2D eigenvalue weighted by Crippen LogP contribution is -2.44. The van der Waals surface area contributed by atoms with Gasteiger partial charge < -0.3 is 20.1 Å². The summed E-state index contributed by atoms with van der Waals surface area (Å²) in [4.78, 5) is 0. The highest BCUT2D eigenvalue weighted by Crippen LogP contribution is 2.41. The molecule has 0 spiro atoms. The van der Waals surface area contributed by atoms with E-state index in [9.17, 15) is 20.1 Å². The van der Waals surface area contributed by atoms with E-state index in [0.29, 0.717) is 0 Å². The Morgan fingerprint density at radius 3 is 2.00 bits per heavy atom. The van der Waals surface area contributed by atoms with Crippen LogP contribution < -0.4 is 0 Å². The molecule has 1 aromatic carbocycles. The highest BCUT2D eigenvalue weighted by molar-refractivity contribution is 6.69. The molecular formula is C12H14B2O4. The van der Waals surface area contributed by atoms with Crippen LogP contribution in [0.1, 0.15) is 12.0 Å². The van der Waals surface area contributed by atoms with Gasteiger partial charge in [0.1, 0.15) is 0 Å². The summed E-state index contributed by atoms with van der Waals surface area (Å²) in [6, 6.07) is 9.61. The Morgan fingerprint density at radius 2 is 1.56 bits per heavy atom. The van der Waals surface area contributed by atoms with Crippen LogP contribution in [0.25, 0.3) is 5.57 Å². The van der Waals surface area contributed by atoms with Gasteiger partial charge in [0.25, 0.3) is 0 Å². The smallest absolute Gasteiger partial charge is 0.427 e. The quantitative estimate of drug-likeness (QED) is 0.574. The molecule has 18 heavy (non-hydrogen) atoms. The fourth-order valence-electron chi connectivity index (χ4n) is 2.03. The minimum Gasteiger partial charge on any atom is -0.427 e. The first kappa shape index (κ1) is 13.1. The maximum absolute atomic E-state index is 9.31. The van der Waals surface area contributed by atoms with Gasteiger partial charge in [-0.15, -0.1) is 0 Å². The van der Waals surface area contributed by atoms with Crippen LogP contribution in [-0.4, -0.2) is 34.3 Å². The van der Waals surface area contributed by atoms with E-state index in [1.54, 1.807) is 12.2 Å². The monoisotopic (exact) mass is 244 g/mol. The van der Waals surface area contributed by atoms with Crippen molar-refractivity contribution in [3.63, 3.8) is 0 Å². The zero-order valence-electron chi connectivity index (χ0n) is 9.77. The van der Waals surface area contributed by atoms with Crippen molar-refractivity contribution >= 4 is 19.8 Å². The van der Waals surface area contributed by atoms with Crippen molar-refractivity contribution in [2.24, 2.45) is 0 Å². The average molecular weight is 244 g/mol. The highest BCUT2D eigenvalue weighted by Gasteiger charge is 2.49. The van der Waals surface area contributed by atoms with Gasteiger partial charge >= 0.3 is 14.2 Å². The first-order valence-electron chi connectivity index (χ1n) is 5.73. The second-order valence-corrected chi connectivity index (χ2v) is 4.42. The molecule has 0 atom stereocenters. The van der Waals surface area contributed by atoms with Gasteiger partial charge in [0.15, 0.2) is 0 Å². The van der Waals surface area contributed by atoms with Crippen LogP contribution in [0.5, 0.6) is 0 Å². The van der Waals surface area contributed by atoms with Crippen LogP contribution in [-0.2, 0) is 0 Å². The number of benzene rings is 1. The third-order valence-corrected chi connectivity index (χ3v) is 3.32. The Balaban J connectivity index is 2.26. The minimum atomic E-state index is -1.82. The molecule has 1 aromatic rings. The van der Waals surface area contributed by atoms with Crippen molar-refractivity contribution in [2.45, 2.75) is 11.6 Å². The normalized spacial score (nSPS) is 17.2. The van der Waals surface area contributed by atoms with Gasteiger partial charge in [-0.25, -0.2) is 0 Å². The zero-order valence-corrected chi connectivity index (χ0v) is 9.77. The van der Waals surface area contributed by atoms with E-state index in [2.05, 4.69) is 0 Å². The highest BCUT2D eigenvalue weighted by atomic mass is 16.4. The minimum absolute atomic E-state index is 0.156. The van der Waals surface area contributed by atoms with E-state index < -0.39 is 19.5 Å². The van der Waals surface area contributed by atoms with Crippen molar-refractivity contribution < 1.29 is 20.1 Å². The van der Waals surface area contributed by atoms with Gasteiger partial charge in [0.05, 0.1) is 5.21 Å². The summed E-state index contributed by atoms with van der Waals surface area (Å²) in [5.41, 5.74) is 1.93. The molecule has 0 amide bonds. The van der Waals surface area contributed by atoms with Gasteiger partial charge in [-0.3, -0.25) is 0 Å². The largest absolute Gasteiger partial charge is 0.460 e. The maximum atomic E-state index is 9.31. The summed E-state index contributed by atoms with van der Waals surface area (Å²) >= 11 is 0. The fourth-order valence-corrected chi connectivity index (χ4v) is 2.03. The Bertz CT molecular complexity index is 460. The lowest BCUT2D eigenvalue weighted by atomic mass is 9.37. The van der Waals surface area contributed by atoms with Crippen LogP contribution in [0.15, 0.2) is 48.6 Å². The van der Waals surface area contributed by atoms with E-state index in [0.717, 1.165) is 11.1 Å². The molecule has 0 aliphatic heterocycles. The molecule has 0 fully saturated rings. The summed E-state index contributed by atoms with van der Waals surface area (Å²) < 4.78 is 0. The molecule has 0 unspecified atom stereocenters. The molecule has 4 N–H and O–H groups in total. The van der Waals surface area contributed by atoms with E-state index in [1.807, 2.05) is 30.3 Å². The summed E-state index contributed by atoms with van der Waals surface area (Å²) in [7, 11) is -3.63. The molecule has 6 heteroatoms. The molecule has 92 valence electrons. The molecule has 1 aliphatic carbocycles. The summed E-state index contributed by atoms with van der Waals surface area (Å²) in [6.07, 6.45) is 5.06. The first-order chi connectivity index (χ1) is 8.56. The maximum Gasteiger partial charge on any atom is 0.460 e.